The van der Waals surface area contributed by atoms with Crippen LogP contribution in [0.2, 0.25) is 0 Å². The number of hydrogen-bond acceptors (Lipinski definition) is 6. The van der Waals surface area contributed by atoms with Crippen LogP contribution in [0.15, 0.2) is 0 Å². The largest absolute Gasteiger partial charge is 0.465 e. The van der Waals surface area contributed by atoms with Crippen LogP contribution < -0.4 is 0 Å². The van der Waals surface area contributed by atoms with Gasteiger partial charge >= 0.3 is 11.9 Å². The summed E-state index contributed by atoms with van der Waals surface area (Å²) < 4.78 is 14.3. The molecule has 1 aromatic heterocycles. The number of carbonyl (C=O) groups excluding carboxylic acids is 3. The zero-order valence-electron chi connectivity index (χ0n) is 12.7. The van der Waals surface area contributed by atoms with Crippen LogP contribution in [-0.4, -0.2) is 49.6 Å². The second kappa shape index (κ2) is 7.03. The Morgan fingerprint density at radius 2 is 1.81 bits per heavy atom. The Hall–Kier alpha value is -2.15. The molecule has 1 atom stereocenters. The first-order valence-electron chi connectivity index (χ1n) is 6.33. The molecular weight excluding hydrogens is 278 g/mol. The first-order chi connectivity index (χ1) is 9.83. The Morgan fingerprint density at radius 1 is 1.19 bits per heavy atom. The summed E-state index contributed by atoms with van der Waals surface area (Å²) in [4.78, 5) is 38.1. The second-order valence-corrected chi connectivity index (χ2v) is 4.55. The Bertz CT molecular complexity index is 560. The minimum Gasteiger partial charge on any atom is -0.465 e. The number of H-pyrrole nitrogens is 1. The highest BCUT2D eigenvalue weighted by Crippen LogP contribution is 2.20. The number of methoxy groups -OCH3 is 2. The summed E-state index contributed by atoms with van der Waals surface area (Å²) in [6.07, 6.45) is -0.977. The van der Waals surface area contributed by atoms with Gasteiger partial charge in [-0.25, -0.2) is 9.59 Å². The molecule has 1 N–H and O–H groups in total. The Morgan fingerprint density at radius 3 is 2.33 bits per heavy atom. The van der Waals surface area contributed by atoms with Gasteiger partial charge in [0.05, 0.1) is 18.4 Å². The molecule has 7 heteroatoms. The number of aromatic amines is 1. The van der Waals surface area contributed by atoms with Crippen LogP contribution in [0, 0.1) is 13.8 Å². The number of aryl methyl sites for hydroxylation is 1. The smallest absolute Gasteiger partial charge is 0.339 e. The molecule has 0 spiro atoms. The van der Waals surface area contributed by atoms with Crippen LogP contribution >= 0.6 is 0 Å². The van der Waals surface area contributed by atoms with E-state index >= 15 is 0 Å². The van der Waals surface area contributed by atoms with Crippen molar-refractivity contribution in [2.45, 2.75) is 26.9 Å². The predicted octanol–water partition coefficient (Wildman–Crippen LogP) is 1.18. The highest BCUT2D eigenvalue weighted by molar-refractivity contribution is 6.03. The topological polar surface area (TPSA) is 94.7 Å². The van der Waals surface area contributed by atoms with E-state index < -0.39 is 23.8 Å². The zero-order chi connectivity index (χ0) is 16.2. The van der Waals surface area contributed by atoms with Crippen LogP contribution in [0.4, 0.5) is 0 Å². The number of ether oxygens (including phenoxy) is 3. The third-order valence-corrected chi connectivity index (χ3v) is 3.01. The Kier molecular flexibility index (Phi) is 5.66. The van der Waals surface area contributed by atoms with Gasteiger partial charge in [-0.1, -0.05) is 0 Å². The number of aromatic nitrogens is 1. The minimum absolute atomic E-state index is 0.227. The molecule has 0 fully saturated rings. The van der Waals surface area contributed by atoms with E-state index in [1.165, 1.54) is 21.1 Å². The van der Waals surface area contributed by atoms with E-state index in [1.807, 2.05) is 0 Å². The molecule has 1 heterocycles. The van der Waals surface area contributed by atoms with Gasteiger partial charge in [-0.05, 0) is 26.3 Å². The van der Waals surface area contributed by atoms with Gasteiger partial charge in [-0.15, -0.1) is 0 Å². The number of nitrogens with one attached hydrogen (secondary N) is 1. The van der Waals surface area contributed by atoms with Crippen molar-refractivity contribution in [3.8, 4) is 0 Å². The van der Waals surface area contributed by atoms with Crippen molar-refractivity contribution in [2.24, 2.45) is 0 Å². The summed E-state index contributed by atoms with van der Waals surface area (Å²) in [6.45, 7) is 4.53. The van der Waals surface area contributed by atoms with Gasteiger partial charge in [0.1, 0.15) is 6.61 Å². The number of ketones is 1. The number of Topliss-reactive ketones (excluding diaryl/α,β-unsaturated/α-hetero) is 1. The van der Waals surface area contributed by atoms with Gasteiger partial charge in [-0.3, -0.25) is 4.79 Å². The summed E-state index contributed by atoms with van der Waals surface area (Å²) in [5.41, 5.74) is 1.54. The average Bonchev–Trinajstić information content (AvgIpc) is 2.72. The van der Waals surface area contributed by atoms with Crippen molar-refractivity contribution in [1.29, 1.82) is 0 Å². The number of rotatable bonds is 6. The van der Waals surface area contributed by atoms with E-state index in [1.54, 1.807) is 13.8 Å². The van der Waals surface area contributed by atoms with Gasteiger partial charge in [-0.2, -0.15) is 0 Å². The quantitative estimate of drug-likeness (QED) is 0.626. The first-order valence-corrected chi connectivity index (χ1v) is 6.33. The summed E-state index contributed by atoms with van der Waals surface area (Å²) in [6, 6.07) is 0. The van der Waals surface area contributed by atoms with Gasteiger partial charge in [0.2, 0.25) is 5.78 Å². The fourth-order valence-corrected chi connectivity index (χ4v) is 2.01. The van der Waals surface area contributed by atoms with Gasteiger partial charge in [0.15, 0.2) is 6.10 Å². The Balaban J connectivity index is 2.98. The van der Waals surface area contributed by atoms with Crippen molar-refractivity contribution in [2.75, 3.05) is 20.8 Å². The highest BCUT2D eigenvalue weighted by atomic mass is 16.6. The fraction of sp³-hybridized carbons (Fsp3) is 0.500. The van der Waals surface area contributed by atoms with Crippen LogP contribution in [0.25, 0.3) is 0 Å². The minimum atomic E-state index is -0.977. The number of esters is 2. The lowest BCUT2D eigenvalue weighted by molar-refractivity contribution is -0.150. The number of carbonyl (C=O) groups is 3. The van der Waals surface area contributed by atoms with Crippen molar-refractivity contribution >= 4 is 17.7 Å². The monoisotopic (exact) mass is 297 g/mol. The standard InChI is InChI=1S/C14H19NO6/c1-7-11(14(18)20-5)8(2)15-12(7)13(17)9(3)21-10(16)6-19-4/h9,15H,6H2,1-5H3/t9-/m0/s1. The van der Waals surface area contributed by atoms with Crippen LogP contribution in [0.5, 0.6) is 0 Å². The molecule has 7 nitrogen and oxygen atoms in total. The molecule has 1 rings (SSSR count). The summed E-state index contributed by atoms with van der Waals surface area (Å²) in [5, 5.41) is 0. The van der Waals surface area contributed by atoms with E-state index in [9.17, 15) is 14.4 Å². The second-order valence-electron chi connectivity index (χ2n) is 4.55. The summed E-state index contributed by atoms with van der Waals surface area (Å²) in [5.74, 6) is -1.58. The normalized spacial score (nSPS) is 11.9. The first kappa shape index (κ1) is 16.9. The predicted molar refractivity (Wildman–Crippen MR) is 73.4 cm³/mol. The lowest BCUT2D eigenvalue weighted by Gasteiger charge is -2.11. The lowest BCUT2D eigenvalue weighted by atomic mass is 10.1. The van der Waals surface area contributed by atoms with Crippen molar-refractivity contribution in [3.05, 3.63) is 22.5 Å². The van der Waals surface area contributed by atoms with Crippen molar-refractivity contribution in [3.63, 3.8) is 0 Å². The van der Waals surface area contributed by atoms with Crippen LogP contribution in [-0.2, 0) is 19.0 Å². The molecule has 21 heavy (non-hydrogen) atoms. The molecule has 0 saturated carbocycles. The molecule has 1 aromatic rings. The highest BCUT2D eigenvalue weighted by Gasteiger charge is 2.27. The molecular formula is C14H19NO6. The Labute approximate surface area is 122 Å². The van der Waals surface area contributed by atoms with Crippen LogP contribution in [0.1, 0.15) is 39.0 Å². The van der Waals surface area contributed by atoms with E-state index in [4.69, 9.17) is 4.74 Å². The third-order valence-electron chi connectivity index (χ3n) is 3.01. The maximum atomic E-state index is 12.3. The molecule has 0 aromatic carbocycles. The summed E-state index contributed by atoms with van der Waals surface area (Å²) >= 11 is 0. The van der Waals surface area contributed by atoms with E-state index in [2.05, 4.69) is 14.5 Å². The maximum Gasteiger partial charge on any atom is 0.339 e. The molecule has 0 aliphatic rings. The molecule has 0 radical (unpaired) electrons. The summed E-state index contributed by atoms with van der Waals surface area (Å²) in [7, 11) is 2.62. The number of hydrogen-bond donors (Lipinski definition) is 1. The SMILES string of the molecule is COCC(=O)O[C@@H](C)C(=O)c1[nH]c(C)c(C(=O)OC)c1C. The lowest BCUT2D eigenvalue weighted by Crippen LogP contribution is -2.27. The van der Waals surface area contributed by atoms with Gasteiger partial charge in [0, 0.05) is 12.8 Å². The molecule has 0 saturated heterocycles. The van der Waals surface area contributed by atoms with Gasteiger partial charge < -0.3 is 19.2 Å². The third kappa shape index (κ3) is 3.69. The average molecular weight is 297 g/mol. The molecule has 0 aliphatic carbocycles. The molecule has 0 aliphatic heterocycles. The zero-order valence-corrected chi connectivity index (χ0v) is 12.7. The molecule has 0 amide bonds. The van der Waals surface area contributed by atoms with Crippen molar-refractivity contribution < 1.29 is 28.6 Å². The van der Waals surface area contributed by atoms with E-state index in [0.29, 0.717) is 16.8 Å². The fourth-order valence-electron chi connectivity index (χ4n) is 2.01. The molecule has 0 bridgehead atoms. The van der Waals surface area contributed by atoms with Crippen LogP contribution in [0.3, 0.4) is 0 Å². The molecule has 0 unspecified atom stereocenters. The maximum absolute atomic E-state index is 12.3. The van der Waals surface area contributed by atoms with E-state index in [0.717, 1.165) is 0 Å². The van der Waals surface area contributed by atoms with Gasteiger partial charge in [0.25, 0.3) is 0 Å². The van der Waals surface area contributed by atoms with Crippen molar-refractivity contribution in [1.82, 2.24) is 4.98 Å². The van der Waals surface area contributed by atoms with E-state index in [-0.39, 0.29) is 12.3 Å². The molecule has 116 valence electrons.